The molecule has 0 saturated heterocycles. The molecule has 0 N–H and O–H groups in total. The lowest BCUT2D eigenvalue weighted by Crippen LogP contribution is -2.08. The van der Waals surface area contributed by atoms with Gasteiger partial charge in [-0.15, -0.1) is 0 Å². The summed E-state index contributed by atoms with van der Waals surface area (Å²) in [7, 11) is 0. The maximum atomic E-state index is 2.37. The van der Waals surface area contributed by atoms with E-state index in [1.54, 1.807) is 0 Å². The van der Waals surface area contributed by atoms with E-state index in [4.69, 9.17) is 0 Å². The van der Waals surface area contributed by atoms with Crippen LogP contribution in [-0.4, -0.2) is 0 Å². The van der Waals surface area contributed by atoms with Gasteiger partial charge in [-0.25, -0.2) is 0 Å². The average Bonchev–Trinajstić information content (AvgIpc) is 2.28. The first kappa shape index (κ1) is 17.0. The van der Waals surface area contributed by atoms with Crippen molar-refractivity contribution in [3.63, 3.8) is 0 Å². The Kier molecular flexibility index (Phi) is 9.00. The molecule has 2 aliphatic carbocycles. The molecular formula is C17H36. The monoisotopic (exact) mass is 240 g/mol. The van der Waals surface area contributed by atoms with E-state index in [1.165, 1.54) is 51.4 Å². The Balaban J connectivity index is 0.000000284. The molecule has 0 atom stereocenters. The summed E-state index contributed by atoms with van der Waals surface area (Å²) in [5.74, 6) is 4.08. The number of hydrogen-bond donors (Lipinski definition) is 0. The molecule has 0 aromatic rings. The Morgan fingerprint density at radius 3 is 0.647 bits per heavy atom. The molecule has 0 radical (unpaired) electrons. The second-order valence-electron chi connectivity index (χ2n) is 6.73. The third-order valence-electron chi connectivity index (χ3n) is 4.61. The highest BCUT2D eigenvalue weighted by Gasteiger charge is 2.13. The molecule has 0 aromatic carbocycles. The van der Waals surface area contributed by atoms with E-state index >= 15 is 0 Å². The van der Waals surface area contributed by atoms with Gasteiger partial charge in [0.2, 0.25) is 0 Å². The van der Waals surface area contributed by atoms with E-state index in [9.17, 15) is 0 Å². The lowest BCUT2D eigenvalue weighted by molar-refractivity contribution is 0.308. The summed E-state index contributed by atoms with van der Waals surface area (Å²) in [5.41, 5.74) is 0. The molecule has 2 rings (SSSR count). The van der Waals surface area contributed by atoms with Gasteiger partial charge in [-0.05, 0) is 23.7 Å². The summed E-state index contributed by atoms with van der Waals surface area (Å²) in [4.78, 5) is 0. The highest BCUT2D eigenvalue weighted by Crippen LogP contribution is 2.27. The first-order chi connectivity index (χ1) is 7.58. The van der Waals surface area contributed by atoms with Gasteiger partial charge in [0.05, 0.1) is 0 Å². The summed E-state index contributed by atoms with van der Waals surface area (Å²) in [6.07, 6.45) is 11.8. The lowest BCUT2D eigenvalue weighted by atomic mass is 9.84. The third-order valence-corrected chi connectivity index (χ3v) is 4.61. The quantitative estimate of drug-likeness (QED) is 0.466. The first-order valence-corrected chi connectivity index (χ1v) is 7.58. The van der Waals surface area contributed by atoms with Gasteiger partial charge in [-0.3, -0.25) is 0 Å². The summed E-state index contributed by atoms with van der Waals surface area (Å²) >= 11 is 0. The van der Waals surface area contributed by atoms with Crippen LogP contribution in [0, 0.1) is 23.7 Å². The van der Waals surface area contributed by atoms with Crippen molar-refractivity contribution >= 4 is 0 Å². The van der Waals surface area contributed by atoms with Gasteiger partial charge in [0, 0.05) is 0 Å². The van der Waals surface area contributed by atoms with E-state index in [0.29, 0.717) is 0 Å². The average molecular weight is 240 g/mol. The van der Waals surface area contributed by atoms with Crippen LogP contribution in [0.4, 0.5) is 0 Å². The molecule has 0 unspecified atom stereocenters. The van der Waals surface area contributed by atoms with Crippen LogP contribution >= 0.6 is 0 Å². The fourth-order valence-corrected chi connectivity index (χ4v) is 2.85. The number of rotatable bonds is 0. The van der Waals surface area contributed by atoms with Gasteiger partial charge in [-0.2, -0.15) is 0 Å². The van der Waals surface area contributed by atoms with E-state index in [2.05, 4.69) is 27.7 Å². The predicted octanol–water partition coefficient (Wildman–Crippen LogP) is 6.30. The molecule has 2 aliphatic rings. The van der Waals surface area contributed by atoms with E-state index in [-0.39, 0.29) is 7.43 Å². The first-order valence-electron chi connectivity index (χ1n) is 7.58. The standard InChI is InChI=1S/2C8H16.CH4/c2*1-7-3-5-8(2)6-4-7;/h2*7-8H,3-6H2,1-2H3;1H4. The van der Waals surface area contributed by atoms with Crippen molar-refractivity contribution in [1.29, 1.82) is 0 Å². The summed E-state index contributed by atoms with van der Waals surface area (Å²) < 4.78 is 0. The second kappa shape index (κ2) is 9.00. The Morgan fingerprint density at radius 2 is 0.529 bits per heavy atom. The van der Waals surface area contributed by atoms with Crippen LogP contribution in [0.3, 0.4) is 0 Å². The molecular weight excluding hydrogens is 204 g/mol. The van der Waals surface area contributed by atoms with Gasteiger partial charge >= 0.3 is 0 Å². The van der Waals surface area contributed by atoms with Crippen LogP contribution in [-0.2, 0) is 0 Å². The third kappa shape index (κ3) is 7.84. The molecule has 0 heteroatoms. The molecule has 0 amide bonds. The van der Waals surface area contributed by atoms with E-state index < -0.39 is 0 Å². The Bertz CT molecular complexity index is 117. The van der Waals surface area contributed by atoms with Crippen LogP contribution in [0.25, 0.3) is 0 Å². The molecule has 2 saturated carbocycles. The fourth-order valence-electron chi connectivity index (χ4n) is 2.85. The second-order valence-corrected chi connectivity index (χ2v) is 6.73. The van der Waals surface area contributed by atoms with Crippen molar-refractivity contribution in [1.82, 2.24) is 0 Å². The molecule has 0 bridgehead atoms. The Morgan fingerprint density at radius 1 is 0.412 bits per heavy atom. The summed E-state index contributed by atoms with van der Waals surface area (Å²) in [6, 6.07) is 0. The van der Waals surface area contributed by atoms with Crippen molar-refractivity contribution in [2.75, 3.05) is 0 Å². The normalized spacial score (nSPS) is 37.4. The molecule has 0 spiro atoms. The van der Waals surface area contributed by atoms with Crippen molar-refractivity contribution in [2.45, 2.75) is 86.5 Å². The summed E-state index contributed by atoms with van der Waals surface area (Å²) in [5, 5.41) is 0. The molecule has 0 aromatic heterocycles. The van der Waals surface area contributed by atoms with Gasteiger partial charge in [-0.1, -0.05) is 86.5 Å². The van der Waals surface area contributed by atoms with Gasteiger partial charge in [0.15, 0.2) is 0 Å². The van der Waals surface area contributed by atoms with Gasteiger partial charge in [0.25, 0.3) is 0 Å². The van der Waals surface area contributed by atoms with E-state index in [1.807, 2.05) is 0 Å². The maximum Gasteiger partial charge on any atom is -0.0443 e. The molecule has 17 heavy (non-hydrogen) atoms. The van der Waals surface area contributed by atoms with Crippen LogP contribution in [0.5, 0.6) is 0 Å². The van der Waals surface area contributed by atoms with E-state index in [0.717, 1.165) is 23.7 Å². The zero-order valence-corrected chi connectivity index (χ0v) is 12.0. The Labute approximate surface area is 111 Å². The number of hydrogen-bond acceptors (Lipinski definition) is 0. The van der Waals surface area contributed by atoms with Crippen LogP contribution in [0.1, 0.15) is 86.5 Å². The van der Waals surface area contributed by atoms with Crippen LogP contribution in [0.15, 0.2) is 0 Å². The highest BCUT2D eigenvalue weighted by molar-refractivity contribution is 4.66. The SMILES string of the molecule is C.CC1CCC(C)CC1.CC1CCC(C)CC1. The molecule has 0 nitrogen and oxygen atoms in total. The van der Waals surface area contributed by atoms with Crippen molar-refractivity contribution < 1.29 is 0 Å². The molecule has 2 fully saturated rings. The molecule has 0 aliphatic heterocycles. The summed E-state index contributed by atoms with van der Waals surface area (Å²) in [6.45, 7) is 9.47. The maximum absolute atomic E-state index is 2.37. The van der Waals surface area contributed by atoms with Gasteiger partial charge < -0.3 is 0 Å². The zero-order chi connectivity index (χ0) is 12.0. The van der Waals surface area contributed by atoms with Crippen LogP contribution in [0.2, 0.25) is 0 Å². The van der Waals surface area contributed by atoms with Crippen molar-refractivity contribution in [3.8, 4) is 0 Å². The molecule has 0 heterocycles. The van der Waals surface area contributed by atoms with Crippen LogP contribution < -0.4 is 0 Å². The predicted molar refractivity (Wildman–Crippen MR) is 80.3 cm³/mol. The minimum absolute atomic E-state index is 0. The van der Waals surface area contributed by atoms with Crippen molar-refractivity contribution in [2.24, 2.45) is 23.7 Å². The minimum Gasteiger partial charge on any atom is -0.0776 e. The van der Waals surface area contributed by atoms with Crippen molar-refractivity contribution in [3.05, 3.63) is 0 Å². The fraction of sp³-hybridized carbons (Fsp3) is 1.00. The van der Waals surface area contributed by atoms with Gasteiger partial charge in [0.1, 0.15) is 0 Å². The largest absolute Gasteiger partial charge is 0.0776 e. The minimum atomic E-state index is 0. The Hall–Kier alpha value is 0. The topological polar surface area (TPSA) is 0 Å². The lowest BCUT2D eigenvalue weighted by Gasteiger charge is -2.22. The zero-order valence-electron chi connectivity index (χ0n) is 12.0. The smallest absolute Gasteiger partial charge is 0.0443 e. The molecule has 104 valence electrons. The highest BCUT2D eigenvalue weighted by atomic mass is 14.2.